The number of sulfonamides is 1. The second-order valence-electron chi connectivity index (χ2n) is 6.20. The van der Waals surface area contributed by atoms with Crippen molar-refractivity contribution in [2.45, 2.75) is 26.9 Å². The molecule has 7 nitrogen and oxygen atoms in total. The number of aliphatic imine (C=N–C) groups is 1. The van der Waals surface area contributed by atoms with Gasteiger partial charge in [0.25, 0.3) is 0 Å². The normalized spacial score (nSPS) is 18.8. The minimum Gasteiger partial charge on any atom is -0.370 e. The van der Waals surface area contributed by atoms with Gasteiger partial charge >= 0.3 is 0 Å². The first kappa shape index (κ1) is 20.7. The molecule has 1 aromatic rings. The van der Waals surface area contributed by atoms with Crippen molar-refractivity contribution in [1.29, 1.82) is 0 Å². The van der Waals surface area contributed by atoms with E-state index in [0.717, 1.165) is 25.6 Å². The largest absolute Gasteiger partial charge is 0.370 e. The number of nitrogens with zero attached hydrogens (tertiary/aromatic N) is 2. The van der Waals surface area contributed by atoms with Crippen LogP contribution in [-0.4, -0.2) is 64.4 Å². The molecule has 1 saturated heterocycles. The van der Waals surface area contributed by atoms with E-state index >= 15 is 0 Å². The van der Waals surface area contributed by atoms with Gasteiger partial charge in [0, 0.05) is 19.6 Å². The maximum Gasteiger partial charge on any atom is 0.211 e. The second-order valence-corrected chi connectivity index (χ2v) is 8.29. The second kappa shape index (κ2) is 9.89. The van der Waals surface area contributed by atoms with Crippen LogP contribution < -0.4 is 10.0 Å². The van der Waals surface area contributed by atoms with E-state index < -0.39 is 10.0 Å². The van der Waals surface area contributed by atoms with Crippen LogP contribution in [0.2, 0.25) is 0 Å². The summed E-state index contributed by atoms with van der Waals surface area (Å²) >= 11 is 0. The highest BCUT2D eigenvalue weighted by molar-refractivity contribution is 7.89. The van der Waals surface area contributed by atoms with Gasteiger partial charge in [-0.1, -0.05) is 24.3 Å². The third-order valence-electron chi connectivity index (χ3n) is 4.31. The summed E-state index contributed by atoms with van der Waals surface area (Å²) in [6, 6.07) is 8.26. The van der Waals surface area contributed by atoms with Crippen LogP contribution in [0.5, 0.6) is 0 Å². The Kier molecular flexibility index (Phi) is 7.86. The van der Waals surface area contributed by atoms with Gasteiger partial charge in [-0.3, -0.25) is 4.99 Å². The number of aryl methyl sites for hydroxylation is 1. The van der Waals surface area contributed by atoms with Crippen molar-refractivity contribution in [3.8, 4) is 0 Å². The molecule has 0 bridgehead atoms. The summed E-state index contributed by atoms with van der Waals surface area (Å²) in [5.41, 5.74) is 2.42. The molecule has 26 heavy (non-hydrogen) atoms. The van der Waals surface area contributed by atoms with Gasteiger partial charge in [-0.2, -0.15) is 0 Å². The first-order valence-corrected chi connectivity index (χ1v) is 10.8. The monoisotopic (exact) mass is 382 g/mol. The first-order valence-electron chi connectivity index (χ1n) is 9.14. The lowest BCUT2D eigenvalue weighted by atomic mass is 10.0. The van der Waals surface area contributed by atoms with Crippen molar-refractivity contribution in [3.05, 3.63) is 35.4 Å². The molecular weight excluding hydrogens is 352 g/mol. The fourth-order valence-electron chi connectivity index (χ4n) is 2.87. The number of hydrogen-bond acceptors (Lipinski definition) is 4. The SMILES string of the molecule is CCNC(=NCCNS(=O)(=O)CC)N1CCOC(c2ccccc2C)C1. The van der Waals surface area contributed by atoms with Gasteiger partial charge in [-0.25, -0.2) is 13.1 Å². The number of morpholine rings is 1. The fourth-order valence-corrected chi connectivity index (χ4v) is 3.48. The average Bonchev–Trinajstić information content (AvgIpc) is 2.65. The molecule has 1 aromatic carbocycles. The Morgan fingerprint density at radius 3 is 2.81 bits per heavy atom. The van der Waals surface area contributed by atoms with Gasteiger partial charge < -0.3 is 15.0 Å². The van der Waals surface area contributed by atoms with Gasteiger partial charge in [-0.05, 0) is 31.9 Å². The van der Waals surface area contributed by atoms with Crippen molar-refractivity contribution in [2.24, 2.45) is 4.99 Å². The Labute approximate surface area is 156 Å². The van der Waals surface area contributed by atoms with Crippen LogP contribution in [0.4, 0.5) is 0 Å². The molecule has 0 aromatic heterocycles. The summed E-state index contributed by atoms with van der Waals surface area (Å²) in [5.74, 6) is 0.878. The molecule has 1 unspecified atom stereocenters. The van der Waals surface area contributed by atoms with E-state index in [4.69, 9.17) is 4.74 Å². The topological polar surface area (TPSA) is 83.0 Å². The van der Waals surface area contributed by atoms with Crippen LogP contribution >= 0.6 is 0 Å². The van der Waals surface area contributed by atoms with Crippen LogP contribution in [0.25, 0.3) is 0 Å². The number of nitrogens with one attached hydrogen (secondary N) is 2. The van der Waals surface area contributed by atoms with Gasteiger partial charge in [0.15, 0.2) is 5.96 Å². The predicted molar refractivity (Wildman–Crippen MR) is 105 cm³/mol. The van der Waals surface area contributed by atoms with E-state index in [9.17, 15) is 8.42 Å². The molecule has 0 amide bonds. The van der Waals surface area contributed by atoms with Crippen LogP contribution in [0.3, 0.4) is 0 Å². The van der Waals surface area contributed by atoms with E-state index in [2.05, 4.69) is 39.0 Å². The highest BCUT2D eigenvalue weighted by Gasteiger charge is 2.25. The zero-order valence-electron chi connectivity index (χ0n) is 15.9. The highest BCUT2D eigenvalue weighted by atomic mass is 32.2. The summed E-state index contributed by atoms with van der Waals surface area (Å²) in [6.07, 6.45) is 0.00685. The molecule has 0 spiro atoms. The van der Waals surface area contributed by atoms with E-state index in [1.807, 2.05) is 19.1 Å². The molecule has 0 radical (unpaired) electrons. The minimum atomic E-state index is -3.18. The molecule has 146 valence electrons. The summed E-state index contributed by atoms with van der Waals surface area (Å²) in [6.45, 7) is 9.30. The van der Waals surface area contributed by atoms with Gasteiger partial charge in [0.1, 0.15) is 6.10 Å². The van der Waals surface area contributed by atoms with E-state index in [-0.39, 0.29) is 11.9 Å². The molecule has 1 atom stereocenters. The molecule has 2 rings (SSSR count). The van der Waals surface area contributed by atoms with Crippen LogP contribution in [0, 0.1) is 6.92 Å². The lowest BCUT2D eigenvalue weighted by Crippen LogP contribution is -2.48. The van der Waals surface area contributed by atoms with Crippen LogP contribution in [-0.2, 0) is 14.8 Å². The standard InChI is InChI=1S/C18H30N4O3S/c1-4-19-18(20-10-11-21-26(23,24)5-2)22-12-13-25-17(14-22)16-9-7-6-8-15(16)3/h6-9,17,21H,4-5,10-14H2,1-3H3,(H,19,20). The molecule has 0 aliphatic carbocycles. The summed E-state index contributed by atoms with van der Waals surface area (Å²) in [7, 11) is -3.18. The number of rotatable bonds is 7. The number of guanidine groups is 1. The first-order chi connectivity index (χ1) is 12.5. The number of ether oxygens (including phenoxy) is 1. The lowest BCUT2D eigenvalue weighted by Gasteiger charge is -2.35. The Balaban J connectivity index is 2.01. The lowest BCUT2D eigenvalue weighted by molar-refractivity contribution is -0.00832. The van der Waals surface area contributed by atoms with Crippen molar-refractivity contribution < 1.29 is 13.2 Å². The summed E-state index contributed by atoms with van der Waals surface area (Å²) < 4.78 is 31.5. The van der Waals surface area contributed by atoms with E-state index in [1.54, 1.807) is 6.92 Å². The fraction of sp³-hybridized carbons (Fsp3) is 0.611. The van der Waals surface area contributed by atoms with Crippen molar-refractivity contribution >= 4 is 16.0 Å². The summed E-state index contributed by atoms with van der Waals surface area (Å²) in [5, 5.41) is 3.29. The molecule has 1 fully saturated rings. The van der Waals surface area contributed by atoms with E-state index in [0.29, 0.717) is 19.7 Å². The van der Waals surface area contributed by atoms with Crippen LogP contribution in [0.15, 0.2) is 29.3 Å². The minimum absolute atomic E-state index is 0.00685. The number of benzene rings is 1. The predicted octanol–water partition coefficient (Wildman–Crippen LogP) is 1.27. The van der Waals surface area contributed by atoms with Gasteiger partial charge in [-0.15, -0.1) is 0 Å². The summed E-state index contributed by atoms with van der Waals surface area (Å²) in [4.78, 5) is 6.75. The Hall–Kier alpha value is -1.64. The quantitative estimate of drug-likeness (QED) is 0.422. The molecule has 1 aliphatic rings. The van der Waals surface area contributed by atoms with Crippen molar-refractivity contribution in [2.75, 3.05) is 45.1 Å². The Morgan fingerprint density at radius 1 is 1.35 bits per heavy atom. The maximum absolute atomic E-state index is 11.5. The Bertz CT molecular complexity index is 706. The third-order valence-corrected chi connectivity index (χ3v) is 5.72. The zero-order valence-corrected chi connectivity index (χ0v) is 16.7. The van der Waals surface area contributed by atoms with Gasteiger partial charge in [0.2, 0.25) is 10.0 Å². The molecule has 8 heteroatoms. The smallest absolute Gasteiger partial charge is 0.211 e. The van der Waals surface area contributed by atoms with Crippen LogP contribution in [0.1, 0.15) is 31.1 Å². The molecule has 1 aliphatic heterocycles. The molecule has 1 heterocycles. The maximum atomic E-state index is 11.5. The zero-order chi connectivity index (χ0) is 19.0. The van der Waals surface area contributed by atoms with E-state index in [1.165, 1.54) is 11.1 Å². The third kappa shape index (κ3) is 5.96. The van der Waals surface area contributed by atoms with Crippen molar-refractivity contribution in [3.63, 3.8) is 0 Å². The molecular formula is C18H30N4O3S. The Morgan fingerprint density at radius 2 is 2.12 bits per heavy atom. The molecule has 0 saturated carbocycles. The van der Waals surface area contributed by atoms with Gasteiger partial charge in [0.05, 0.1) is 25.4 Å². The average molecular weight is 383 g/mol. The highest BCUT2D eigenvalue weighted by Crippen LogP contribution is 2.24. The van der Waals surface area contributed by atoms with Crippen molar-refractivity contribution in [1.82, 2.24) is 14.9 Å². The molecule has 2 N–H and O–H groups in total. The number of hydrogen-bond donors (Lipinski definition) is 2.